The highest BCUT2D eigenvalue weighted by Gasteiger charge is 2.46. The molecule has 3 aliphatic rings. The fourth-order valence-electron chi connectivity index (χ4n) is 9.07. The first-order valence-electron chi connectivity index (χ1n) is 20.6. The number of carboxylic acid groups (broad SMARTS) is 1. The first-order chi connectivity index (χ1) is 27.6. The number of aromatic hydroxyl groups is 1. The Hall–Kier alpha value is -4.94. The molecule has 6 rings (SSSR count). The number of aryl methyl sites for hydroxylation is 1. The number of benzene rings is 3. The molecular weight excluding hydrogens is 767 g/mol. The molecule has 3 heterocycles. The third-order valence-electron chi connectivity index (χ3n) is 12.8. The van der Waals surface area contributed by atoms with Gasteiger partial charge >= 0.3 is 5.97 Å². The molecule has 1 amide bonds. The summed E-state index contributed by atoms with van der Waals surface area (Å²) in [6, 6.07) is 11.2. The van der Waals surface area contributed by atoms with E-state index in [-0.39, 0.29) is 28.4 Å². The molecule has 316 valence electrons. The van der Waals surface area contributed by atoms with E-state index in [4.69, 9.17) is 9.84 Å². The van der Waals surface area contributed by atoms with Gasteiger partial charge < -0.3 is 25.2 Å². The van der Waals surface area contributed by atoms with Crippen LogP contribution in [-0.4, -0.2) is 70.6 Å². The molecule has 12 heteroatoms. The van der Waals surface area contributed by atoms with Crippen molar-refractivity contribution in [3.8, 4) is 11.5 Å². The summed E-state index contributed by atoms with van der Waals surface area (Å²) in [6.45, 7) is 19.9. The number of amides is 1. The normalized spacial score (nSPS) is 19.8. The van der Waals surface area contributed by atoms with Gasteiger partial charge in [-0.05, 0) is 121 Å². The molecule has 0 bridgehead atoms. The predicted molar refractivity (Wildman–Crippen MR) is 231 cm³/mol. The minimum Gasteiger partial charge on any atom is -0.507 e. The van der Waals surface area contributed by atoms with Gasteiger partial charge in [-0.1, -0.05) is 37.6 Å². The standard InChI is InChI=1S/C47H59N3O8S/c1-29-18-20-37-35(27-29)45(5,6)39(50(37)26-14-24-48-44(54)47(9)23-22-34-32(4)42(53)30(2)31(3)43(34)58-47)15-13-16-40-46(7,8)36-28-33(59(55,56)57)19-21-38(36)49(40)25-12-10-11-17-41(51)52/h13,15-16,18-21,27-28H,10-12,14,17,22-26H2,1-9H3,(H3-,48,51,52,53,54,55,56,57)/p+1. The van der Waals surface area contributed by atoms with Gasteiger partial charge in [-0.3, -0.25) is 14.1 Å². The number of allylic oxidation sites excluding steroid dienone is 4. The van der Waals surface area contributed by atoms with Crippen molar-refractivity contribution in [1.82, 2.24) is 5.32 Å². The van der Waals surface area contributed by atoms with Crippen LogP contribution in [0.5, 0.6) is 11.5 Å². The molecule has 0 radical (unpaired) electrons. The Labute approximate surface area is 349 Å². The number of unbranched alkanes of at least 4 members (excludes halogenated alkanes) is 2. The molecule has 1 atom stereocenters. The van der Waals surface area contributed by atoms with Crippen molar-refractivity contribution in [3.63, 3.8) is 0 Å². The number of rotatable bonds is 14. The van der Waals surface area contributed by atoms with Gasteiger partial charge in [-0.25, -0.2) is 0 Å². The number of carbonyl (C=O) groups excluding carboxylic acids is 1. The van der Waals surface area contributed by atoms with E-state index in [1.807, 2.05) is 41.5 Å². The number of nitrogens with zero attached hydrogens (tertiary/aromatic N) is 2. The highest BCUT2D eigenvalue weighted by molar-refractivity contribution is 7.85. The SMILES string of the molecule is Cc1ccc2c(c1)C(C)(C)C(=CC=CC1=[N+](CCCCCC(=O)O)c3ccc(S(=O)(=O)O)cc3C1(C)C)N2CCCNC(=O)C1(C)CCc2c(C)c(O)c(C)c(C)c2O1. The maximum Gasteiger partial charge on any atom is 0.303 e. The number of phenolic OH excluding ortho intramolecular Hbond substituents is 1. The van der Waals surface area contributed by atoms with Crippen molar-refractivity contribution in [2.24, 2.45) is 0 Å². The third kappa shape index (κ3) is 8.31. The average molecular weight is 827 g/mol. The number of ether oxygens (including phenoxy) is 1. The summed E-state index contributed by atoms with van der Waals surface area (Å²) in [5.41, 5.74) is 8.64. The summed E-state index contributed by atoms with van der Waals surface area (Å²) in [7, 11) is -4.41. The van der Waals surface area contributed by atoms with Gasteiger partial charge in [0.15, 0.2) is 11.3 Å². The molecule has 0 aromatic heterocycles. The summed E-state index contributed by atoms with van der Waals surface area (Å²) in [5.74, 6) is 0.00824. The summed E-state index contributed by atoms with van der Waals surface area (Å²) in [4.78, 5) is 27.0. The molecule has 3 aromatic carbocycles. The molecule has 0 saturated heterocycles. The Morgan fingerprint density at radius 2 is 1.64 bits per heavy atom. The van der Waals surface area contributed by atoms with Gasteiger partial charge in [-0.2, -0.15) is 13.0 Å². The van der Waals surface area contributed by atoms with Crippen LogP contribution in [0.15, 0.2) is 65.2 Å². The van der Waals surface area contributed by atoms with Crippen LogP contribution in [0.2, 0.25) is 0 Å². The second-order valence-electron chi connectivity index (χ2n) is 17.7. The zero-order valence-corrected chi connectivity index (χ0v) is 36.8. The molecule has 0 spiro atoms. The Bertz CT molecular complexity index is 2410. The second-order valence-corrected chi connectivity index (χ2v) is 19.1. The number of nitrogens with one attached hydrogen (secondary N) is 1. The average Bonchev–Trinajstić information content (AvgIpc) is 3.51. The van der Waals surface area contributed by atoms with Crippen molar-refractivity contribution in [3.05, 3.63) is 99.3 Å². The second kappa shape index (κ2) is 16.3. The van der Waals surface area contributed by atoms with Crippen LogP contribution in [-0.2, 0) is 37.0 Å². The Kier molecular flexibility index (Phi) is 12.0. The smallest absolute Gasteiger partial charge is 0.303 e. The highest BCUT2D eigenvalue weighted by atomic mass is 32.2. The van der Waals surface area contributed by atoms with Crippen LogP contribution in [0, 0.1) is 27.7 Å². The Morgan fingerprint density at radius 3 is 2.34 bits per heavy atom. The number of anilines is 1. The molecule has 1 unspecified atom stereocenters. The monoisotopic (exact) mass is 826 g/mol. The van der Waals surface area contributed by atoms with E-state index in [2.05, 4.69) is 72.0 Å². The van der Waals surface area contributed by atoms with Crippen LogP contribution >= 0.6 is 0 Å². The van der Waals surface area contributed by atoms with E-state index in [9.17, 15) is 27.7 Å². The van der Waals surface area contributed by atoms with Gasteiger partial charge in [0.1, 0.15) is 18.0 Å². The van der Waals surface area contributed by atoms with Crippen LogP contribution in [0.1, 0.15) is 112 Å². The lowest BCUT2D eigenvalue weighted by molar-refractivity contribution is -0.438. The molecule has 4 N–H and O–H groups in total. The summed E-state index contributed by atoms with van der Waals surface area (Å²) in [5, 5.41) is 22.9. The van der Waals surface area contributed by atoms with E-state index in [1.165, 1.54) is 17.2 Å². The fraction of sp³-hybridized carbons (Fsp3) is 0.468. The quantitative estimate of drug-likeness (QED) is 0.0712. The number of hydrogen-bond donors (Lipinski definition) is 4. The van der Waals surface area contributed by atoms with E-state index < -0.39 is 27.1 Å². The lowest BCUT2D eigenvalue weighted by Gasteiger charge is -2.36. The van der Waals surface area contributed by atoms with Crippen molar-refractivity contribution < 1.29 is 42.1 Å². The Morgan fingerprint density at radius 1 is 0.915 bits per heavy atom. The van der Waals surface area contributed by atoms with Crippen LogP contribution in [0.25, 0.3) is 0 Å². The molecule has 3 aromatic rings. The predicted octanol–water partition coefficient (Wildman–Crippen LogP) is 8.42. The summed E-state index contributed by atoms with van der Waals surface area (Å²) < 4.78 is 42.8. The van der Waals surface area contributed by atoms with E-state index in [0.29, 0.717) is 51.1 Å². The van der Waals surface area contributed by atoms with Crippen molar-refractivity contribution >= 4 is 39.1 Å². The van der Waals surface area contributed by atoms with E-state index in [1.54, 1.807) is 12.1 Å². The lowest BCUT2D eigenvalue weighted by Crippen LogP contribution is -2.51. The lowest BCUT2D eigenvalue weighted by atomic mass is 9.81. The third-order valence-corrected chi connectivity index (χ3v) is 13.7. The minimum absolute atomic E-state index is 0.110. The van der Waals surface area contributed by atoms with Crippen molar-refractivity contribution in [1.29, 1.82) is 0 Å². The number of aliphatic carboxylic acids is 1. The van der Waals surface area contributed by atoms with Crippen molar-refractivity contribution in [2.45, 2.75) is 129 Å². The van der Waals surface area contributed by atoms with Gasteiger partial charge in [0.2, 0.25) is 5.69 Å². The molecular formula is C47H60N3O8S+. The van der Waals surface area contributed by atoms with Gasteiger partial charge in [0.25, 0.3) is 16.0 Å². The Balaban J connectivity index is 1.24. The number of fused-ring (bicyclic) bond motifs is 3. The number of carboxylic acids is 1. The fourth-order valence-corrected chi connectivity index (χ4v) is 9.58. The molecule has 11 nitrogen and oxygen atoms in total. The van der Waals surface area contributed by atoms with Gasteiger partial charge in [0, 0.05) is 72.4 Å². The number of hydrogen-bond acceptors (Lipinski definition) is 7. The minimum atomic E-state index is -4.41. The van der Waals surface area contributed by atoms with Crippen LogP contribution in [0.4, 0.5) is 11.4 Å². The van der Waals surface area contributed by atoms with E-state index in [0.717, 1.165) is 63.4 Å². The molecule has 0 fully saturated rings. The molecule has 3 aliphatic heterocycles. The maximum absolute atomic E-state index is 13.7. The number of phenols is 1. The largest absolute Gasteiger partial charge is 0.507 e. The summed E-state index contributed by atoms with van der Waals surface area (Å²) in [6.07, 6.45) is 10.3. The molecule has 0 saturated carbocycles. The highest BCUT2D eigenvalue weighted by Crippen LogP contribution is 2.49. The molecule has 0 aliphatic carbocycles. The zero-order chi connectivity index (χ0) is 43.2. The van der Waals surface area contributed by atoms with Crippen molar-refractivity contribution in [2.75, 3.05) is 24.5 Å². The first kappa shape index (κ1) is 43.6. The van der Waals surface area contributed by atoms with E-state index >= 15 is 0 Å². The zero-order valence-electron chi connectivity index (χ0n) is 36.0. The van der Waals surface area contributed by atoms with Gasteiger partial charge in [0.05, 0.1) is 10.3 Å². The number of carbonyl (C=O) groups is 2. The summed E-state index contributed by atoms with van der Waals surface area (Å²) >= 11 is 0. The molecule has 59 heavy (non-hydrogen) atoms. The topological polar surface area (TPSA) is 156 Å². The maximum atomic E-state index is 13.7. The van der Waals surface area contributed by atoms with Crippen LogP contribution < -0.4 is 15.0 Å². The van der Waals surface area contributed by atoms with Gasteiger partial charge in [-0.15, -0.1) is 0 Å². The first-order valence-corrected chi connectivity index (χ1v) is 22.1. The van der Waals surface area contributed by atoms with Crippen LogP contribution in [0.3, 0.4) is 0 Å².